The van der Waals surface area contributed by atoms with E-state index in [2.05, 4.69) is 22.9 Å². The molecule has 3 heteroatoms. The second kappa shape index (κ2) is 5.63. The molecule has 2 aromatic carbocycles. The summed E-state index contributed by atoms with van der Waals surface area (Å²) in [5, 5.41) is 10.3. The maximum absolute atomic E-state index is 13.0. The lowest BCUT2D eigenvalue weighted by Gasteiger charge is -2.13. The Morgan fingerprint density at radius 2 is 1.83 bits per heavy atom. The molecule has 1 N–H and O–H groups in total. The van der Waals surface area contributed by atoms with Crippen LogP contribution >= 0.6 is 15.9 Å². The summed E-state index contributed by atoms with van der Waals surface area (Å²) in [6, 6.07) is 12.1. The van der Waals surface area contributed by atoms with Gasteiger partial charge in [-0.05, 0) is 35.2 Å². The van der Waals surface area contributed by atoms with E-state index >= 15 is 0 Å². The van der Waals surface area contributed by atoms with Crippen LogP contribution < -0.4 is 0 Å². The minimum absolute atomic E-state index is 0.320. The van der Waals surface area contributed by atoms with E-state index in [0.29, 0.717) is 10.0 Å². The van der Waals surface area contributed by atoms with Gasteiger partial charge < -0.3 is 5.11 Å². The third-order valence-corrected chi connectivity index (χ3v) is 3.65. The summed E-state index contributed by atoms with van der Waals surface area (Å²) in [5.41, 5.74) is 2.70. The fraction of sp³-hybridized carbons (Fsp3) is 0.200. The molecule has 0 aliphatic carbocycles. The smallest absolute Gasteiger partial charge is 0.124 e. The van der Waals surface area contributed by atoms with Crippen LogP contribution in [0, 0.1) is 5.82 Å². The van der Waals surface area contributed by atoms with Crippen molar-refractivity contribution in [2.45, 2.75) is 19.4 Å². The van der Waals surface area contributed by atoms with Gasteiger partial charge in [0.05, 0.1) is 0 Å². The maximum Gasteiger partial charge on any atom is 0.124 e. The average Bonchev–Trinajstić information content (AvgIpc) is 2.38. The van der Waals surface area contributed by atoms with Gasteiger partial charge in [-0.25, -0.2) is 4.39 Å². The predicted octanol–water partition coefficient (Wildman–Crippen LogP) is 4.23. The number of benzene rings is 2. The summed E-state index contributed by atoms with van der Waals surface area (Å²) >= 11 is 3.27. The number of aliphatic hydroxyl groups is 1. The first kappa shape index (κ1) is 13.2. The van der Waals surface area contributed by atoms with Crippen LogP contribution in [0.3, 0.4) is 0 Å². The molecule has 18 heavy (non-hydrogen) atoms. The lowest BCUT2D eigenvalue weighted by Crippen LogP contribution is -2.01. The van der Waals surface area contributed by atoms with E-state index in [4.69, 9.17) is 0 Å². The number of aliphatic hydroxyl groups excluding tert-OH is 1. The van der Waals surface area contributed by atoms with Crippen LogP contribution in [0.25, 0.3) is 0 Å². The average molecular weight is 309 g/mol. The van der Waals surface area contributed by atoms with Gasteiger partial charge in [-0.3, -0.25) is 0 Å². The normalized spacial score (nSPS) is 12.4. The van der Waals surface area contributed by atoms with Crippen LogP contribution in [0.4, 0.5) is 4.39 Å². The highest BCUT2D eigenvalue weighted by Crippen LogP contribution is 2.29. The van der Waals surface area contributed by atoms with E-state index in [1.807, 2.05) is 24.3 Å². The van der Waals surface area contributed by atoms with Gasteiger partial charge in [0.15, 0.2) is 0 Å². The SMILES string of the molecule is CCc1ccc(C(O)c2ccc(F)cc2Br)cc1. The molecule has 0 fully saturated rings. The van der Waals surface area contributed by atoms with Crippen molar-refractivity contribution in [3.8, 4) is 0 Å². The van der Waals surface area contributed by atoms with Crippen molar-refractivity contribution in [3.63, 3.8) is 0 Å². The highest BCUT2D eigenvalue weighted by Gasteiger charge is 2.13. The monoisotopic (exact) mass is 308 g/mol. The molecular weight excluding hydrogens is 295 g/mol. The zero-order valence-corrected chi connectivity index (χ0v) is 11.6. The third-order valence-electron chi connectivity index (χ3n) is 2.96. The van der Waals surface area contributed by atoms with Gasteiger partial charge in [0.2, 0.25) is 0 Å². The lowest BCUT2D eigenvalue weighted by molar-refractivity contribution is 0.219. The van der Waals surface area contributed by atoms with Gasteiger partial charge in [0.1, 0.15) is 11.9 Å². The van der Waals surface area contributed by atoms with Crippen molar-refractivity contribution in [2.24, 2.45) is 0 Å². The largest absolute Gasteiger partial charge is 0.384 e. The van der Waals surface area contributed by atoms with Crippen LogP contribution in [0.15, 0.2) is 46.9 Å². The Bertz CT molecular complexity index is 537. The number of hydrogen-bond acceptors (Lipinski definition) is 1. The second-order valence-electron chi connectivity index (χ2n) is 4.16. The molecule has 0 saturated heterocycles. The number of hydrogen-bond donors (Lipinski definition) is 1. The predicted molar refractivity (Wildman–Crippen MR) is 74.0 cm³/mol. The molecule has 1 unspecified atom stereocenters. The first-order chi connectivity index (χ1) is 8.61. The molecule has 2 aromatic rings. The van der Waals surface area contributed by atoms with Crippen molar-refractivity contribution < 1.29 is 9.50 Å². The van der Waals surface area contributed by atoms with Gasteiger partial charge in [0, 0.05) is 4.47 Å². The third kappa shape index (κ3) is 2.79. The second-order valence-corrected chi connectivity index (χ2v) is 5.02. The van der Waals surface area contributed by atoms with E-state index in [9.17, 15) is 9.50 Å². The number of halogens is 2. The Kier molecular flexibility index (Phi) is 4.15. The van der Waals surface area contributed by atoms with Gasteiger partial charge >= 0.3 is 0 Å². The van der Waals surface area contributed by atoms with Crippen LogP contribution in [-0.2, 0) is 6.42 Å². The molecule has 2 rings (SSSR count). The van der Waals surface area contributed by atoms with E-state index in [1.165, 1.54) is 17.7 Å². The van der Waals surface area contributed by atoms with Crippen molar-refractivity contribution >= 4 is 15.9 Å². The van der Waals surface area contributed by atoms with Gasteiger partial charge in [-0.1, -0.05) is 53.2 Å². The fourth-order valence-electron chi connectivity index (χ4n) is 1.84. The molecule has 1 nitrogen and oxygen atoms in total. The van der Waals surface area contributed by atoms with Gasteiger partial charge in [-0.15, -0.1) is 0 Å². The summed E-state index contributed by atoms with van der Waals surface area (Å²) in [6.45, 7) is 2.09. The molecular formula is C15H14BrFO. The van der Waals surface area contributed by atoms with E-state index in [1.54, 1.807) is 6.07 Å². The summed E-state index contributed by atoms with van der Waals surface area (Å²) in [6.07, 6.45) is 0.224. The van der Waals surface area contributed by atoms with Crippen LogP contribution in [0.5, 0.6) is 0 Å². The molecule has 0 aliphatic heterocycles. The van der Waals surface area contributed by atoms with Crippen molar-refractivity contribution in [3.05, 3.63) is 69.4 Å². The number of aryl methyl sites for hydroxylation is 1. The molecule has 0 saturated carbocycles. The summed E-state index contributed by atoms with van der Waals surface area (Å²) in [4.78, 5) is 0. The highest BCUT2D eigenvalue weighted by molar-refractivity contribution is 9.10. The van der Waals surface area contributed by atoms with Crippen molar-refractivity contribution in [2.75, 3.05) is 0 Å². The van der Waals surface area contributed by atoms with Crippen molar-refractivity contribution in [1.29, 1.82) is 0 Å². The zero-order chi connectivity index (χ0) is 13.1. The van der Waals surface area contributed by atoms with Gasteiger partial charge in [0.25, 0.3) is 0 Å². The molecule has 0 spiro atoms. The Morgan fingerprint density at radius 1 is 1.17 bits per heavy atom. The topological polar surface area (TPSA) is 20.2 Å². The Balaban J connectivity index is 2.31. The quantitative estimate of drug-likeness (QED) is 0.899. The first-order valence-corrected chi connectivity index (χ1v) is 6.63. The van der Waals surface area contributed by atoms with Crippen LogP contribution in [-0.4, -0.2) is 5.11 Å². The lowest BCUT2D eigenvalue weighted by atomic mass is 10.00. The minimum atomic E-state index is -0.745. The van der Waals surface area contributed by atoms with Crippen LogP contribution in [0.2, 0.25) is 0 Å². The summed E-state index contributed by atoms with van der Waals surface area (Å²) in [7, 11) is 0. The number of rotatable bonds is 3. The summed E-state index contributed by atoms with van der Waals surface area (Å²) in [5.74, 6) is -0.320. The minimum Gasteiger partial charge on any atom is -0.384 e. The Labute approximate surface area is 114 Å². The van der Waals surface area contributed by atoms with E-state index < -0.39 is 6.10 Å². The molecule has 0 heterocycles. The maximum atomic E-state index is 13.0. The first-order valence-electron chi connectivity index (χ1n) is 5.83. The van der Waals surface area contributed by atoms with E-state index in [0.717, 1.165) is 12.0 Å². The summed E-state index contributed by atoms with van der Waals surface area (Å²) < 4.78 is 13.6. The van der Waals surface area contributed by atoms with E-state index in [-0.39, 0.29) is 5.82 Å². The van der Waals surface area contributed by atoms with Crippen molar-refractivity contribution in [1.82, 2.24) is 0 Å². The molecule has 0 amide bonds. The molecule has 0 aromatic heterocycles. The highest BCUT2D eigenvalue weighted by atomic mass is 79.9. The molecule has 0 aliphatic rings. The standard InChI is InChI=1S/C15H14BrFO/c1-2-10-3-5-11(6-4-10)15(18)13-8-7-12(17)9-14(13)16/h3-9,15,18H,2H2,1H3. The Hall–Kier alpha value is -1.19. The molecule has 0 bridgehead atoms. The Morgan fingerprint density at radius 3 is 2.39 bits per heavy atom. The molecule has 94 valence electrons. The fourth-order valence-corrected chi connectivity index (χ4v) is 2.41. The zero-order valence-electron chi connectivity index (χ0n) is 10.0. The van der Waals surface area contributed by atoms with Gasteiger partial charge in [-0.2, -0.15) is 0 Å². The molecule has 1 atom stereocenters. The van der Waals surface area contributed by atoms with Crippen LogP contribution in [0.1, 0.15) is 29.7 Å². The molecule has 0 radical (unpaired) electrons.